The van der Waals surface area contributed by atoms with E-state index < -0.39 is 54.2 Å². The van der Waals surface area contributed by atoms with Gasteiger partial charge in [0, 0.05) is 13.5 Å². The van der Waals surface area contributed by atoms with Gasteiger partial charge in [-0.2, -0.15) is 0 Å². The van der Waals surface area contributed by atoms with Gasteiger partial charge >= 0.3 is 12.1 Å². The Bertz CT molecular complexity index is 1310. The van der Waals surface area contributed by atoms with E-state index in [1.807, 2.05) is 91.0 Å². The first-order valence-electron chi connectivity index (χ1n) is 13.7. The fraction of sp³-hybridized carbons (Fsp3) is 0.375. The first-order valence-corrected chi connectivity index (χ1v) is 13.7. The standard InChI is InChI=1S/C32H35NO8/c1-3-39-32(20-38-19-22-13-7-4-8-14-22)29(26(35)27(36)30(32)40-21(2)34)33-25(23-15-9-5-10-16-23)28(41-31(33)37)24-17-11-6-12-18-24/h4-18,25-30,35-36H,3,19-20H2,1-2H3/t25-,26+,27-,28+,29-,30+,32+/m1/s1. The molecule has 2 fully saturated rings. The number of esters is 1. The molecule has 1 aliphatic carbocycles. The Balaban J connectivity index is 1.60. The van der Waals surface area contributed by atoms with E-state index in [0.29, 0.717) is 0 Å². The van der Waals surface area contributed by atoms with Gasteiger partial charge in [0.15, 0.2) is 17.8 Å². The maximum atomic E-state index is 13.8. The van der Waals surface area contributed by atoms with Gasteiger partial charge in [-0.25, -0.2) is 4.79 Å². The molecule has 0 bridgehead atoms. The molecule has 0 spiro atoms. The van der Waals surface area contributed by atoms with Gasteiger partial charge < -0.3 is 29.2 Å². The molecule has 0 radical (unpaired) electrons. The molecule has 1 aliphatic heterocycles. The molecule has 1 saturated heterocycles. The van der Waals surface area contributed by atoms with Crippen LogP contribution in [-0.4, -0.2) is 70.3 Å². The minimum absolute atomic E-state index is 0.128. The Morgan fingerprint density at radius 2 is 1.49 bits per heavy atom. The van der Waals surface area contributed by atoms with Crippen molar-refractivity contribution < 1.29 is 38.7 Å². The van der Waals surface area contributed by atoms with E-state index in [1.54, 1.807) is 6.92 Å². The fourth-order valence-electron chi connectivity index (χ4n) is 6.07. The molecule has 1 amide bonds. The number of ether oxygens (including phenoxy) is 4. The largest absolute Gasteiger partial charge is 0.456 e. The van der Waals surface area contributed by atoms with Gasteiger partial charge in [-0.05, 0) is 23.6 Å². The van der Waals surface area contributed by atoms with E-state index in [4.69, 9.17) is 18.9 Å². The molecule has 216 valence electrons. The Kier molecular flexibility index (Phi) is 8.70. The van der Waals surface area contributed by atoms with Gasteiger partial charge in [-0.3, -0.25) is 9.69 Å². The van der Waals surface area contributed by atoms with Crippen molar-refractivity contribution in [3.63, 3.8) is 0 Å². The van der Waals surface area contributed by atoms with Crippen molar-refractivity contribution in [2.45, 2.75) is 62.6 Å². The molecule has 41 heavy (non-hydrogen) atoms. The van der Waals surface area contributed by atoms with Crippen LogP contribution in [0.3, 0.4) is 0 Å². The van der Waals surface area contributed by atoms with Crippen LogP contribution in [0.1, 0.15) is 42.7 Å². The molecule has 3 aromatic carbocycles. The van der Waals surface area contributed by atoms with Crippen LogP contribution in [0.15, 0.2) is 91.0 Å². The molecule has 1 saturated carbocycles. The number of cyclic esters (lactones) is 1. The number of aliphatic hydroxyl groups is 2. The third kappa shape index (κ3) is 5.58. The minimum atomic E-state index is -1.62. The molecule has 1 heterocycles. The highest BCUT2D eigenvalue weighted by atomic mass is 16.6. The average Bonchev–Trinajstić information content (AvgIpc) is 3.41. The zero-order valence-electron chi connectivity index (χ0n) is 23.0. The molecule has 5 rings (SSSR count). The van der Waals surface area contributed by atoms with Crippen LogP contribution >= 0.6 is 0 Å². The zero-order chi connectivity index (χ0) is 29.0. The second-order valence-corrected chi connectivity index (χ2v) is 10.3. The van der Waals surface area contributed by atoms with Crippen LogP contribution in [0.2, 0.25) is 0 Å². The van der Waals surface area contributed by atoms with Gasteiger partial charge in [-0.15, -0.1) is 0 Å². The van der Waals surface area contributed by atoms with Crippen molar-refractivity contribution in [1.82, 2.24) is 4.90 Å². The van der Waals surface area contributed by atoms with Gasteiger partial charge in [0.2, 0.25) is 0 Å². The van der Waals surface area contributed by atoms with Crippen molar-refractivity contribution in [2.24, 2.45) is 0 Å². The van der Waals surface area contributed by atoms with Crippen molar-refractivity contribution in [2.75, 3.05) is 13.2 Å². The highest BCUT2D eigenvalue weighted by Crippen LogP contribution is 2.50. The molecule has 9 heteroatoms. The van der Waals surface area contributed by atoms with Crippen molar-refractivity contribution in [3.8, 4) is 0 Å². The van der Waals surface area contributed by atoms with Crippen molar-refractivity contribution in [1.29, 1.82) is 0 Å². The second kappa shape index (κ2) is 12.4. The smallest absolute Gasteiger partial charge is 0.411 e. The molecule has 3 aromatic rings. The number of hydrogen-bond donors (Lipinski definition) is 2. The summed E-state index contributed by atoms with van der Waals surface area (Å²) in [5, 5.41) is 22.9. The molecule has 2 N–H and O–H groups in total. The molecular weight excluding hydrogens is 526 g/mol. The average molecular weight is 562 g/mol. The van der Waals surface area contributed by atoms with E-state index in [0.717, 1.165) is 16.7 Å². The summed E-state index contributed by atoms with van der Waals surface area (Å²) < 4.78 is 24.0. The number of hydrogen-bond acceptors (Lipinski definition) is 8. The van der Waals surface area contributed by atoms with E-state index in [-0.39, 0.29) is 19.8 Å². The van der Waals surface area contributed by atoms with E-state index in [2.05, 4.69) is 0 Å². The molecule has 2 aliphatic rings. The summed E-state index contributed by atoms with van der Waals surface area (Å²) in [6, 6.07) is 26.3. The first-order chi connectivity index (χ1) is 19.9. The lowest BCUT2D eigenvalue weighted by Gasteiger charge is -2.43. The van der Waals surface area contributed by atoms with Gasteiger partial charge in [-0.1, -0.05) is 91.0 Å². The van der Waals surface area contributed by atoms with Crippen molar-refractivity contribution >= 4 is 12.1 Å². The molecule has 0 unspecified atom stereocenters. The lowest BCUT2D eigenvalue weighted by Crippen LogP contribution is -2.62. The Labute approximate surface area is 239 Å². The van der Waals surface area contributed by atoms with Crippen molar-refractivity contribution in [3.05, 3.63) is 108 Å². The maximum absolute atomic E-state index is 13.8. The third-order valence-corrected chi connectivity index (χ3v) is 7.70. The molecule has 7 atom stereocenters. The predicted octanol–water partition coefficient (Wildman–Crippen LogP) is 3.95. The van der Waals surface area contributed by atoms with Gasteiger partial charge in [0.1, 0.15) is 18.2 Å². The zero-order valence-corrected chi connectivity index (χ0v) is 23.0. The van der Waals surface area contributed by atoms with Crippen LogP contribution in [0.4, 0.5) is 4.79 Å². The minimum Gasteiger partial charge on any atom is -0.456 e. The highest BCUT2D eigenvalue weighted by molar-refractivity contribution is 5.73. The highest BCUT2D eigenvalue weighted by Gasteiger charge is 2.68. The number of amides is 1. The quantitative estimate of drug-likeness (QED) is 0.358. The summed E-state index contributed by atoms with van der Waals surface area (Å²) in [7, 11) is 0. The predicted molar refractivity (Wildman–Crippen MR) is 148 cm³/mol. The normalized spacial score (nSPS) is 29.4. The number of rotatable bonds is 10. The van der Waals surface area contributed by atoms with Crippen LogP contribution in [-0.2, 0) is 30.3 Å². The molecular formula is C32H35NO8. The Morgan fingerprint density at radius 1 is 0.902 bits per heavy atom. The van der Waals surface area contributed by atoms with Gasteiger partial charge in [0.05, 0.1) is 19.3 Å². The summed E-state index contributed by atoms with van der Waals surface area (Å²) in [5.41, 5.74) is 0.807. The van der Waals surface area contributed by atoms with Crippen LogP contribution < -0.4 is 0 Å². The van der Waals surface area contributed by atoms with Crippen LogP contribution in [0.25, 0.3) is 0 Å². The Hall–Kier alpha value is -3.76. The number of carbonyl (C=O) groups excluding carboxylic acids is 2. The van der Waals surface area contributed by atoms with Crippen LogP contribution in [0.5, 0.6) is 0 Å². The summed E-state index contributed by atoms with van der Waals surface area (Å²) in [6.45, 7) is 3.11. The number of benzene rings is 3. The first kappa shape index (κ1) is 28.8. The van der Waals surface area contributed by atoms with E-state index in [9.17, 15) is 19.8 Å². The van der Waals surface area contributed by atoms with Gasteiger partial charge in [0.25, 0.3) is 0 Å². The number of aliphatic hydroxyl groups excluding tert-OH is 2. The van der Waals surface area contributed by atoms with Crippen LogP contribution in [0, 0.1) is 0 Å². The molecule has 0 aromatic heterocycles. The summed E-state index contributed by atoms with van der Waals surface area (Å²) in [4.78, 5) is 27.5. The Morgan fingerprint density at radius 3 is 2.07 bits per heavy atom. The number of nitrogens with zero attached hydrogens (tertiary/aromatic N) is 1. The number of carbonyl (C=O) groups is 2. The van der Waals surface area contributed by atoms with E-state index in [1.165, 1.54) is 11.8 Å². The summed E-state index contributed by atoms with van der Waals surface area (Å²) in [6.07, 6.45) is -5.83. The maximum Gasteiger partial charge on any atom is 0.411 e. The van der Waals surface area contributed by atoms with E-state index >= 15 is 0 Å². The monoisotopic (exact) mass is 561 g/mol. The SMILES string of the molecule is CCO[C@]1(COCc2ccccc2)[C@@H](OC(C)=O)[C@H](O)[C@H](O)[C@H]1N1C(=O)O[C@@H](c2ccccc2)[C@H]1c1ccccc1. The lowest BCUT2D eigenvalue weighted by molar-refractivity contribution is -0.199. The summed E-state index contributed by atoms with van der Waals surface area (Å²) in [5.74, 6) is -0.667. The summed E-state index contributed by atoms with van der Waals surface area (Å²) >= 11 is 0. The third-order valence-electron chi connectivity index (χ3n) is 7.70. The lowest BCUT2D eigenvalue weighted by atomic mass is 9.89. The second-order valence-electron chi connectivity index (χ2n) is 10.3. The topological polar surface area (TPSA) is 115 Å². The fourth-order valence-corrected chi connectivity index (χ4v) is 6.07. The molecule has 9 nitrogen and oxygen atoms in total.